The first-order chi connectivity index (χ1) is 10.6. The lowest BCUT2D eigenvalue weighted by molar-refractivity contribution is -0.139. The van der Waals surface area contributed by atoms with Crippen LogP contribution in [0.3, 0.4) is 0 Å². The first-order valence-electron chi connectivity index (χ1n) is 6.53. The Balaban J connectivity index is 2.12. The molecular weight excluding hydrogens is 282 g/mol. The Bertz CT molecular complexity index is 723. The molecule has 0 saturated heterocycles. The third-order valence-corrected chi connectivity index (χ3v) is 3.02. The number of nitrogens with zero attached hydrogens (tertiary/aromatic N) is 2. The van der Waals surface area contributed by atoms with Gasteiger partial charge in [0.25, 0.3) is 5.91 Å². The number of rotatable bonds is 5. The van der Waals surface area contributed by atoms with Crippen LogP contribution in [0.5, 0.6) is 0 Å². The third kappa shape index (κ3) is 3.90. The van der Waals surface area contributed by atoms with Crippen LogP contribution in [0, 0.1) is 11.3 Å². The Labute approximate surface area is 127 Å². The minimum Gasteiger partial charge on any atom is -0.480 e. The van der Waals surface area contributed by atoms with Crippen molar-refractivity contribution in [1.82, 2.24) is 10.3 Å². The van der Waals surface area contributed by atoms with Crippen LogP contribution in [0.25, 0.3) is 0 Å². The Hall–Kier alpha value is -3.20. The lowest BCUT2D eigenvalue weighted by atomic mass is 10.0. The Morgan fingerprint density at radius 1 is 1.32 bits per heavy atom. The average molecular weight is 295 g/mol. The van der Waals surface area contributed by atoms with Gasteiger partial charge < -0.3 is 10.4 Å². The van der Waals surface area contributed by atoms with Gasteiger partial charge in [0.15, 0.2) is 0 Å². The Kier molecular flexibility index (Phi) is 4.83. The van der Waals surface area contributed by atoms with Crippen LogP contribution >= 0.6 is 0 Å². The van der Waals surface area contributed by atoms with E-state index in [9.17, 15) is 14.7 Å². The van der Waals surface area contributed by atoms with Gasteiger partial charge in [0.1, 0.15) is 6.04 Å². The number of nitriles is 1. The Morgan fingerprint density at radius 2 is 2.14 bits per heavy atom. The van der Waals surface area contributed by atoms with E-state index in [2.05, 4.69) is 10.3 Å². The maximum atomic E-state index is 12.0. The van der Waals surface area contributed by atoms with Gasteiger partial charge in [-0.2, -0.15) is 5.26 Å². The van der Waals surface area contributed by atoms with Gasteiger partial charge in [0.2, 0.25) is 0 Å². The highest BCUT2D eigenvalue weighted by atomic mass is 16.4. The molecule has 2 N–H and O–H groups in total. The molecule has 1 aromatic heterocycles. The normalized spacial score (nSPS) is 11.2. The summed E-state index contributed by atoms with van der Waals surface area (Å²) < 4.78 is 0. The molecule has 1 aromatic carbocycles. The second-order valence-corrected chi connectivity index (χ2v) is 4.62. The molecule has 22 heavy (non-hydrogen) atoms. The van der Waals surface area contributed by atoms with Gasteiger partial charge in [-0.3, -0.25) is 9.78 Å². The summed E-state index contributed by atoms with van der Waals surface area (Å²) in [6, 6.07) is 10.7. The lowest BCUT2D eigenvalue weighted by Crippen LogP contribution is -2.42. The molecule has 1 heterocycles. The van der Waals surface area contributed by atoms with Crippen molar-refractivity contribution in [1.29, 1.82) is 5.26 Å². The molecule has 0 unspecified atom stereocenters. The zero-order valence-corrected chi connectivity index (χ0v) is 11.6. The summed E-state index contributed by atoms with van der Waals surface area (Å²) in [4.78, 5) is 27.2. The molecule has 0 saturated carbocycles. The van der Waals surface area contributed by atoms with Crippen LogP contribution in [-0.2, 0) is 11.2 Å². The van der Waals surface area contributed by atoms with Crippen molar-refractivity contribution in [3.05, 3.63) is 65.5 Å². The van der Waals surface area contributed by atoms with Crippen LogP contribution in [0.1, 0.15) is 21.5 Å². The molecule has 0 aliphatic carbocycles. The minimum atomic E-state index is -1.14. The van der Waals surface area contributed by atoms with E-state index in [0.29, 0.717) is 16.7 Å². The summed E-state index contributed by atoms with van der Waals surface area (Å²) in [6.07, 6.45) is 2.99. The molecule has 0 radical (unpaired) electrons. The standard InChI is InChI=1S/C16H13N3O3/c17-9-12-4-1-3-11(7-12)8-14(16(21)22)19-15(20)13-5-2-6-18-10-13/h1-7,10,14H,8H2,(H,19,20)(H,21,22)/t14-/m0/s1. The van der Waals surface area contributed by atoms with Crippen molar-refractivity contribution in [2.75, 3.05) is 0 Å². The number of aromatic nitrogens is 1. The zero-order valence-electron chi connectivity index (χ0n) is 11.6. The van der Waals surface area contributed by atoms with Crippen LogP contribution in [0.15, 0.2) is 48.8 Å². The van der Waals surface area contributed by atoms with E-state index in [4.69, 9.17) is 5.26 Å². The monoisotopic (exact) mass is 295 g/mol. The molecule has 2 aromatic rings. The lowest BCUT2D eigenvalue weighted by Gasteiger charge is -2.14. The average Bonchev–Trinajstić information content (AvgIpc) is 2.55. The number of carbonyl (C=O) groups is 2. The van der Waals surface area contributed by atoms with E-state index in [1.54, 1.807) is 36.4 Å². The van der Waals surface area contributed by atoms with Crippen molar-refractivity contribution in [3.63, 3.8) is 0 Å². The van der Waals surface area contributed by atoms with E-state index >= 15 is 0 Å². The number of nitrogens with one attached hydrogen (secondary N) is 1. The number of carboxylic acids is 1. The van der Waals surface area contributed by atoms with Gasteiger partial charge >= 0.3 is 5.97 Å². The molecule has 0 spiro atoms. The van der Waals surface area contributed by atoms with Crippen LogP contribution in [-0.4, -0.2) is 28.0 Å². The molecule has 1 amide bonds. The van der Waals surface area contributed by atoms with Gasteiger partial charge in [-0.05, 0) is 29.8 Å². The van der Waals surface area contributed by atoms with Crippen molar-refractivity contribution in [2.24, 2.45) is 0 Å². The van der Waals surface area contributed by atoms with Gasteiger partial charge in [-0.15, -0.1) is 0 Å². The summed E-state index contributed by atoms with van der Waals surface area (Å²) in [5, 5.41) is 20.6. The summed E-state index contributed by atoms with van der Waals surface area (Å²) in [6.45, 7) is 0. The maximum absolute atomic E-state index is 12.0. The predicted octanol–water partition coefficient (Wildman–Crippen LogP) is 1.38. The van der Waals surface area contributed by atoms with E-state index < -0.39 is 17.9 Å². The number of carboxylic acid groups (broad SMARTS) is 1. The van der Waals surface area contributed by atoms with Crippen molar-refractivity contribution < 1.29 is 14.7 Å². The zero-order chi connectivity index (χ0) is 15.9. The molecule has 0 aliphatic heterocycles. The second-order valence-electron chi connectivity index (χ2n) is 4.62. The molecule has 0 bridgehead atoms. The highest BCUT2D eigenvalue weighted by molar-refractivity contribution is 5.96. The maximum Gasteiger partial charge on any atom is 0.326 e. The SMILES string of the molecule is N#Cc1cccc(C[C@H](NC(=O)c2cccnc2)C(=O)O)c1. The minimum absolute atomic E-state index is 0.0941. The molecular formula is C16H13N3O3. The largest absolute Gasteiger partial charge is 0.480 e. The molecule has 6 heteroatoms. The molecule has 6 nitrogen and oxygen atoms in total. The number of hydrogen-bond acceptors (Lipinski definition) is 4. The highest BCUT2D eigenvalue weighted by Crippen LogP contribution is 2.08. The fourth-order valence-corrected chi connectivity index (χ4v) is 1.94. The van der Waals surface area contributed by atoms with Crippen molar-refractivity contribution in [2.45, 2.75) is 12.5 Å². The molecule has 1 atom stereocenters. The van der Waals surface area contributed by atoms with Crippen molar-refractivity contribution in [3.8, 4) is 6.07 Å². The summed E-state index contributed by atoms with van der Waals surface area (Å²) in [5.74, 6) is -1.64. The summed E-state index contributed by atoms with van der Waals surface area (Å²) in [7, 11) is 0. The molecule has 0 fully saturated rings. The second kappa shape index (κ2) is 6.99. The molecule has 110 valence electrons. The van der Waals surface area contributed by atoms with Gasteiger partial charge in [0, 0.05) is 18.8 Å². The van der Waals surface area contributed by atoms with E-state index in [-0.39, 0.29) is 6.42 Å². The third-order valence-electron chi connectivity index (χ3n) is 3.02. The molecule has 2 rings (SSSR count). The predicted molar refractivity (Wildman–Crippen MR) is 78.0 cm³/mol. The molecule has 0 aliphatic rings. The van der Waals surface area contributed by atoms with E-state index in [1.165, 1.54) is 12.4 Å². The van der Waals surface area contributed by atoms with E-state index in [1.807, 2.05) is 6.07 Å². The summed E-state index contributed by atoms with van der Waals surface area (Å²) in [5.41, 5.74) is 1.40. The van der Waals surface area contributed by atoms with Crippen LogP contribution < -0.4 is 5.32 Å². The first-order valence-corrected chi connectivity index (χ1v) is 6.53. The number of benzene rings is 1. The Morgan fingerprint density at radius 3 is 2.77 bits per heavy atom. The number of aliphatic carboxylic acids is 1. The highest BCUT2D eigenvalue weighted by Gasteiger charge is 2.21. The topological polar surface area (TPSA) is 103 Å². The fraction of sp³-hybridized carbons (Fsp3) is 0.125. The number of amides is 1. The number of pyridine rings is 1. The van der Waals surface area contributed by atoms with Crippen LogP contribution in [0.2, 0.25) is 0 Å². The van der Waals surface area contributed by atoms with Gasteiger partial charge in [0.05, 0.1) is 17.2 Å². The smallest absolute Gasteiger partial charge is 0.326 e. The van der Waals surface area contributed by atoms with E-state index in [0.717, 1.165) is 0 Å². The van der Waals surface area contributed by atoms with Gasteiger partial charge in [-0.25, -0.2) is 4.79 Å². The number of hydrogen-bond donors (Lipinski definition) is 2. The fourth-order valence-electron chi connectivity index (χ4n) is 1.94. The summed E-state index contributed by atoms with van der Waals surface area (Å²) >= 11 is 0. The number of carbonyl (C=O) groups excluding carboxylic acids is 1. The first kappa shape index (κ1) is 15.2. The van der Waals surface area contributed by atoms with Crippen LogP contribution in [0.4, 0.5) is 0 Å². The van der Waals surface area contributed by atoms with Crippen molar-refractivity contribution >= 4 is 11.9 Å². The quantitative estimate of drug-likeness (QED) is 0.867. The van der Waals surface area contributed by atoms with Gasteiger partial charge in [-0.1, -0.05) is 12.1 Å².